The summed E-state index contributed by atoms with van der Waals surface area (Å²) >= 11 is 0. The summed E-state index contributed by atoms with van der Waals surface area (Å²) < 4.78 is 5.17. The van der Waals surface area contributed by atoms with Crippen LogP contribution in [-0.2, 0) is 14.4 Å². The Balaban J connectivity index is 2.60. The number of carbonyl (C=O) groups excluding carboxylic acids is 1. The van der Waals surface area contributed by atoms with Gasteiger partial charge in [0.1, 0.15) is 17.6 Å². The Morgan fingerprint density at radius 3 is 2.53 bits per heavy atom. The van der Waals surface area contributed by atoms with E-state index in [1.54, 1.807) is 19.1 Å². The molecule has 1 rings (SSSR count). The summed E-state index contributed by atoms with van der Waals surface area (Å²) in [5.74, 6) is -2.30. The van der Waals surface area contributed by atoms with Gasteiger partial charge in [-0.05, 0) is 25.1 Å². The molecule has 0 bridgehead atoms. The van der Waals surface area contributed by atoms with E-state index in [9.17, 15) is 14.4 Å². The topological polar surface area (TPSA) is 117 Å². The van der Waals surface area contributed by atoms with Crippen molar-refractivity contribution in [3.05, 3.63) is 29.7 Å². The fourth-order valence-corrected chi connectivity index (χ4v) is 1.30. The second kappa shape index (κ2) is 6.39. The van der Waals surface area contributed by atoms with Crippen LogP contribution < -0.4 is 5.32 Å². The van der Waals surface area contributed by atoms with Crippen LogP contribution in [0.5, 0.6) is 0 Å². The number of carboxylic acid groups (broad SMARTS) is 2. The van der Waals surface area contributed by atoms with Gasteiger partial charge in [-0.25, -0.2) is 4.79 Å². The zero-order valence-corrected chi connectivity index (χ0v) is 10.1. The van der Waals surface area contributed by atoms with Gasteiger partial charge in [-0.2, -0.15) is 0 Å². The minimum Gasteiger partial charge on any atom is -0.481 e. The largest absolute Gasteiger partial charge is 0.481 e. The lowest BCUT2D eigenvalue weighted by molar-refractivity contribution is -0.146. The van der Waals surface area contributed by atoms with E-state index in [-0.39, 0.29) is 0 Å². The van der Waals surface area contributed by atoms with Crippen molar-refractivity contribution in [3.8, 4) is 0 Å². The van der Waals surface area contributed by atoms with Crippen LogP contribution in [0.4, 0.5) is 0 Å². The van der Waals surface area contributed by atoms with Crippen LogP contribution in [0.15, 0.2) is 22.6 Å². The quantitative estimate of drug-likeness (QED) is 0.651. The number of rotatable bonds is 6. The summed E-state index contributed by atoms with van der Waals surface area (Å²) in [5.41, 5.74) is 0. The summed E-state index contributed by atoms with van der Waals surface area (Å²) in [6, 6.07) is 1.89. The minimum atomic E-state index is -1.46. The number of carboxylic acids is 2. The van der Waals surface area contributed by atoms with Crippen molar-refractivity contribution in [3.63, 3.8) is 0 Å². The lowest BCUT2D eigenvalue weighted by Gasteiger charge is -2.10. The Labute approximate surface area is 108 Å². The fourth-order valence-electron chi connectivity index (χ4n) is 1.30. The van der Waals surface area contributed by atoms with Crippen molar-refractivity contribution >= 4 is 23.9 Å². The molecule has 0 aromatic carbocycles. The Bertz CT molecular complexity index is 516. The maximum Gasteiger partial charge on any atom is 0.326 e. The molecule has 0 unspecified atom stereocenters. The predicted molar refractivity (Wildman–Crippen MR) is 64.3 cm³/mol. The summed E-state index contributed by atoms with van der Waals surface area (Å²) in [6.07, 6.45) is 1.76. The molecule has 0 spiro atoms. The second-order valence-corrected chi connectivity index (χ2v) is 3.78. The van der Waals surface area contributed by atoms with E-state index in [0.717, 1.165) is 6.08 Å². The van der Waals surface area contributed by atoms with Crippen molar-refractivity contribution in [1.29, 1.82) is 0 Å². The van der Waals surface area contributed by atoms with Crippen molar-refractivity contribution in [1.82, 2.24) is 5.32 Å². The van der Waals surface area contributed by atoms with E-state index in [4.69, 9.17) is 14.6 Å². The van der Waals surface area contributed by atoms with Crippen LogP contribution in [0.25, 0.3) is 6.08 Å². The van der Waals surface area contributed by atoms with Crippen molar-refractivity contribution < 1.29 is 29.0 Å². The molecule has 0 aliphatic heterocycles. The van der Waals surface area contributed by atoms with Crippen LogP contribution in [-0.4, -0.2) is 34.1 Å². The Kier molecular flexibility index (Phi) is 4.87. The van der Waals surface area contributed by atoms with Crippen LogP contribution in [0.2, 0.25) is 0 Å². The number of nitrogens with one attached hydrogen (secondary N) is 1. The summed E-state index contributed by atoms with van der Waals surface area (Å²) in [6.45, 7) is 1.74. The molecule has 19 heavy (non-hydrogen) atoms. The molecule has 0 aliphatic carbocycles. The van der Waals surface area contributed by atoms with Crippen molar-refractivity contribution in [2.24, 2.45) is 0 Å². The van der Waals surface area contributed by atoms with E-state index in [1.807, 2.05) is 0 Å². The van der Waals surface area contributed by atoms with Crippen molar-refractivity contribution in [2.75, 3.05) is 0 Å². The SMILES string of the molecule is Cc1ccc(/C=C/C(=O)N[C@H](CC(=O)O)C(=O)O)o1. The minimum absolute atomic E-state index is 0.442. The molecule has 0 radical (unpaired) electrons. The number of hydrogen-bond acceptors (Lipinski definition) is 4. The first-order chi connectivity index (χ1) is 8.88. The molecule has 7 nitrogen and oxygen atoms in total. The monoisotopic (exact) mass is 267 g/mol. The molecular weight excluding hydrogens is 254 g/mol. The maximum absolute atomic E-state index is 11.4. The molecule has 102 valence electrons. The predicted octanol–water partition coefficient (Wildman–Crippen LogP) is 0.645. The second-order valence-electron chi connectivity index (χ2n) is 3.78. The normalized spacial score (nSPS) is 12.3. The average molecular weight is 267 g/mol. The first-order valence-corrected chi connectivity index (χ1v) is 5.38. The van der Waals surface area contributed by atoms with Gasteiger partial charge in [-0.1, -0.05) is 0 Å². The lowest BCUT2D eigenvalue weighted by Crippen LogP contribution is -2.41. The Morgan fingerprint density at radius 1 is 1.37 bits per heavy atom. The highest BCUT2D eigenvalue weighted by atomic mass is 16.4. The number of furan rings is 1. The average Bonchev–Trinajstić information content (AvgIpc) is 2.71. The van der Waals surface area contributed by atoms with E-state index >= 15 is 0 Å². The van der Waals surface area contributed by atoms with Crippen LogP contribution in [0.1, 0.15) is 17.9 Å². The first-order valence-electron chi connectivity index (χ1n) is 5.38. The van der Waals surface area contributed by atoms with Gasteiger partial charge in [0.2, 0.25) is 5.91 Å². The molecular formula is C12H13NO6. The summed E-state index contributed by atoms with van der Waals surface area (Å²) in [7, 11) is 0. The third-order valence-corrected chi connectivity index (χ3v) is 2.15. The van der Waals surface area contributed by atoms with Gasteiger partial charge in [-0.15, -0.1) is 0 Å². The Hall–Kier alpha value is -2.57. The molecule has 0 saturated carbocycles. The fraction of sp³-hybridized carbons (Fsp3) is 0.250. The number of aryl methyl sites for hydroxylation is 1. The van der Waals surface area contributed by atoms with Gasteiger partial charge in [0.05, 0.1) is 6.42 Å². The summed E-state index contributed by atoms with van der Waals surface area (Å²) in [4.78, 5) is 32.6. The van der Waals surface area contributed by atoms with Gasteiger partial charge in [-0.3, -0.25) is 9.59 Å². The number of aliphatic carboxylic acids is 2. The summed E-state index contributed by atoms with van der Waals surface area (Å²) in [5, 5.41) is 19.3. The van der Waals surface area contributed by atoms with Gasteiger partial charge >= 0.3 is 11.9 Å². The third-order valence-electron chi connectivity index (χ3n) is 2.15. The number of hydrogen-bond donors (Lipinski definition) is 3. The van der Waals surface area contributed by atoms with Crippen molar-refractivity contribution in [2.45, 2.75) is 19.4 Å². The van der Waals surface area contributed by atoms with E-state index in [1.165, 1.54) is 6.08 Å². The first kappa shape index (κ1) is 14.5. The molecule has 1 atom stereocenters. The van der Waals surface area contributed by atoms with Crippen LogP contribution in [0.3, 0.4) is 0 Å². The van der Waals surface area contributed by atoms with Crippen LogP contribution in [0, 0.1) is 6.92 Å². The molecule has 0 fully saturated rings. The molecule has 7 heteroatoms. The zero-order chi connectivity index (χ0) is 14.4. The standard InChI is InChI=1S/C12H13NO6/c1-7-2-3-8(19-7)4-5-10(14)13-9(12(17)18)6-11(15)16/h2-5,9H,6H2,1H3,(H,13,14)(H,15,16)(H,17,18)/b5-4+/t9-/m1/s1. The highest BCUT2D eigenvalue weighted by molar-refractivity contribution is 5.95. The van der Waals surface area contributed by atoms with Gasteiger partial charge in [0.15, 0.2) is 0 Å². The molecule has 1 aromatic rings. The number of carbonyl (C=O) groups is 3. The lowest BCUT2D eigenvalue weighted by atomic mass is 10.2. The van der Waals surface area contributed by atoms with Gasteiger partial charge < -0.3 is 19.9 Å². The molecule has 1 aromatic heterocycles. The molecule has 0 aliphatic rings. The maximum atomic E-state index is 11.4. The zero-order valence-electron chi connectivity index (χ0n) is 10.1. The van der Waals surface area contributed by atoms with Gasteiger partial charge in [0, 0.05) is 6.08 Å². The highest BCUT2D eigenvalue weighted by Crippen LogP contribution is 2.07. The molecule has 1 amide bonds. The van der Waals surface area contributed by atoms with Gasteiger partial charge in [0.25, 0.3) is 0 Å². The molecule has 1 heterocycles. The molecule has 3 N–H and O–H groups in total. The van der Waals surface area contributed by atoms with E-state index < -0.39 is 30.3 Å². The number of amides is 1. The third kappa shape index (κ3) is 5.07. The van der Waals surface area contributed by atoms with Crippen LogP contribution >= 0.6 is 0 Å². The van der Waals surface area contributed by atoms with E-state index in [0.29, 0.717) is 11.5 Å². The molecule has 0 saturated heterocycles. The Morgan fingerprint density at radius 2 is 2.05 bits per heavy atom. The smallest absolute Gasteiger partial charge is 0.326 e. The van der Waals surface area contributed by atoms with E-state index in [2.05, 4.69) is 5.32 Å². The highest BCUT2D eigenvalue weighted by Gasteiger charge is 2.21.